The number of Topliss-reactive ketones (excluding diaryl/α,β-unsaturated/α-hetero) is 1. The summed E-state index contributed by atoms with van der Waals surface area (Å²) in [6.45, 7) is -0.248. The highest BCUT2D eigenvalue weighted by Gasteiger charge is 2.46. The maximum Gasteiger partial charge on any atom is 0.409 e. The molecule has 0 bridgehead atoms. The molecule has 0 saturated carbocycles. The quantitative estimate of drug-likeness (QED) is 0.00918. The van der Waals surface area contributed by atoms with Crippen molar-refractivity contribution >= 4 is 78.4 Å². The molecule has 16 rings (SSSR count). The van der Waals surface area contributed by atoms with E-state index in [-0.39, 0.29) is 148 Å². The SMILES string of the molecule is COc1ccc(C(OC[C@H]2O[C@@H](n3cnc4c(NC(=O)c5ccc(CCC(=O)COC(=O)CCCN(C)C(=O)OCC6c7ccccc7-c7ccccc76)cc5)ncnc43)CC2OP(OCCC#N)OC[C@H]2O[C@@H](n3cnc4c(=O)[nH]c(NC(=O)CCCN(C)C(=O)OCC5c6ccccc6-c6ccccc65)nc43)CC2O)(c2ccccc2)c2ccc(OC)cc2)cc1. The number of H-pyrrole nitrogens is 1. The van der Waals surface area contributed by atoms with Crippen LogP contribution in [0.5, 0.6) is 11.5 Å². The van der Waals surface area contributed by atoms with Gasteiger partial charge in [0.1, 0.15) is 67.9 Å². The van der Waals surface area contributed by atoms with Crippen LogP contribution in [-0.2, 0) is 68.4 Å². The third kappa shape index (κ3) is 19.7. The maximum atomic E-state index is 14.1. The second-order valence-electron chi connectivity index (χ2n) is 31.4. The molecule has 0 radical (unpaired) electrons. The Labute approximate surface area is 737 Å². The van der Waals surface area contributed by atoms with Crippen LogP contribution in [0.1, 0.15) is 131 Å². The molecule has 2 fully saturated rings. The Morgan fingerprint density at radius 1 is 0.586 bits per heavy atom. The van der Waals surface area contributed by atoms with Crippen LogP contribution in [-0.4, -0.2) is 195 Å². The van der Waals surface area contributed by atoms with E-state index in [1.54, 1.807) is 57.1 Å². The number of aryl methyl sites for hydroxylation is 1. The molecule has 33 heteroatoms. The maximum absolute atomic E-state index is 14.1. The van der Waals surface area contributed by atoms with Gasteiger partial charge in [-0.25, -0.2) is 29.5 Å². The number of ether oxygens (including phenoxy) is 8. The lowest BCUT2D eigenvalue weighted by Crippen LogP contribution is -2.38. The molecule has 7 atom stereocenters. The first kappa shape index (κ1) is 88.0. The van der Waals surface area contributed by atoms with E-state index >= 15 is 0 Å². The number of carbonyl (C=O) groups excluding carboxylic acids is 6. The standard InChI is InChI=1S/C95H94N13O19P/c1-105(93(115)120-52-75-71-25-12-8-21-67(71)68-22-9-13-26-72(68)75)46-16-29-81(111)101-92-103-89-86(91(114)104-92)100-58-108(89)82-49-77(110)79(125-82)55-124-128(123-48-18-45-96)127-78-50-83(126-80(78)54-122-95(61-19-6-5-7-20-61,62-36-41-65(117-3)42-37-62)63-38-43-66(118-4)44-39-63)107-57-99-85-87(97-56-98-88(85)107)102-90(113)60-34-31-59(32-35-60)33-40-64(109)51-119-84(112)30-17-47-106(2)94(116)121-53-76-73-27-14-10-23-69(73)70-24-11-15-28-74(70)76/h5-15,19-28,31-32,34-39,41-44,56-58,75-80,82-83,110H,16-18,29-30,33,40,46-55H2,1-4H3,(H,97,98,102,113)(H2,101,103,104,111,114)/t77?,78?,79-,80-,82-,83-,128?/m1/s1. The van der Waals surface area contributed by atoms with Crippen molar-refractivity contribution in [1.82, 2.24) is 48.8 Å². The molecule has 4 aromatic heterocycles. The number of nitrogens with zero attached hydrogens (tertiary/aromatic N) is 10. The third-order valence-corrected chi connectivity index (χ3v) is 24.5. The zero-order chi connectivity index (χ0) is 88.8. The first-order valence-electron chi connectivity index (χ1n) is 42.1. The fourth-order valence-electron chi connectivity index (χ4n) is 16.6. The molecule has 4 amide bonds. The number of nitrogens with one attached hydrogen (secondary N) is 3. The van der Waals surface area contributed by atoms with Crippen LogP contribution in [0.4, 0.5) is 21.4 Å². The van der Waals surface area contributed by atoms with Gasteiger partial charge in [0.05, 0.1) is 71.4 Å². The number of aromatic amines is 1. The summed E-state index contributed by atoms with van der Waals surface area (Å²) in [5, 5.41) is 27.1. The highest BCUT2D eigenvalue weighted by atomic mass is 31.2. The molecule has 6 heterocycles. The van der Waals surface area contributed by atoms with Gasteiger partial charge in [-0.15, -0.1) is 0 Å². The van der Waals surface area contributed by atoms with E-state index in [9.17, 15) is 43.9 Å². The Hall–Kier alpha value is -13.5. The minimum atomic E-state index is -2.43. The predicted molar refractivity (Wildman–Crippen MR) is 470 cm³/mol. The number of benzene rings is 8. The number of amides is 4. The largest absolute Gasteiger partial charge is 0.497 e. The van der Waals surface area contributed by atoms with Crippen molar-refractivity contribution in [3.63, 3.8) is 0 Å². The van der Waals surface area contributed by atoms with Gasteiger partial charge in [0.2, 0.25) is 11.9 Å². The summed E-state index contributed by atoms with van der Waals surface area (Å²) in [4.78, 5) is 121. The minimum Gasteiger partial charge on any atom is -0.497 e. The number of ketones is 1. The molecular formula is C95H94N13O19P. The number of imidazole rings is 2. The lowest BCUT2D eigenvalue weighted by atomic mass is 9.80. The molecule has 4 aliphatic rings. The van der Waals surface area contributed by atoms with Crippen LogP contribution in [0.2, 0.25) is 0 Å². The molecule has 658 valence electrons. The lowest BCUT2D eigenvalue weighted by Gasteiger charge is -2.37. The number of methoxy groups -OCH3 is 2. The summed E-state index contributed by atoms with van der Waals surface area (Å²) in [7, 11) is 3.95. The molecule has 2 saturated heterocycles. The van der Waals surface area contributed by atoms with E-state index in [0.29, 0.717) is 24.3 Å². The van der Waals surface area contributed by atoms with E-state index in [4.69, 9.17) is 56.5 Å². The molecule has 3 unspecified atom stereocenters. The number of aliphatic hydroxyl groups excluding tert-OH is 1. The number of nitriles is 1. The first-order valence-corrected chi connectivity index (χ1v) is 43.2. The zero-order valence-corrected chi connectivity index (χ0v) is 71.5. The van der Waals surface area contributed by atoms with Gasteiger partial charge >= 0.3 is 26.8 Å². The van der Waals surface area contributed by atoms with Crippen molar-refractivity contribution in [2.45, 2.75) is 112 Å². The fraction of sp³-hybridized carbons (Fsp3) is 0.316. The van der Waals surface area contributed by atoms with Crippen LogP contribution >= 0.6 is 8.60 Å². The van der Waals surface area contributed by atoms with Crippen molar-refractivity contribution in [1.29, 1.82) is 5.26 Å². The molecule has 12 aromatic rings. The van der Waals surface area contributed by atoms with E-state index < -0.39 is 93.2 Å². The molecule has 0 spiro atoms. The summed E-state index contributed by atoms with van der Waals surface area (Å²) in [5.41, 5.74) is 10.6. The molecular weight excluding hydrogens is 1660 g/mol. The fourth-order valence-corrected chi connectivity index (χ4v) is 17.8. The highest BCUT2D eigenvalue weighted by Crippen LogP contribution is 2.51. The van der Waals surface area contributed by atoms with Crippen LogP contribution in [0.15, 0.2) is 224 Å². The number of hydrogen-bond acceptors (Lipinski definition) is 25. The first-order chi connectivity index (χ1) is 62.4. The van der Waals surface area contributed by atoms with E-state index in [1.165, 1.54) is 33.3 Å². The number of hydrogen-bond donors (Lipinski definition) is 4. The monoisotopic (exact) mass is 1750 g/mol. The second kappa shape index (κ2) is 40.4. The average Bonchev–Trinajstić information content (AvgIpc) is 1.12. The van der Waals surface area contributed by atoms with Crippen LogP contribution in [0, 0.1) is 11.3 Å². The van der Waals surface area contributed by atoms with Gasteiger partial charge in [0.15, 0.2) is 33.9 Å². The van der Waals surface area contributed by atoms with Crippen LogP contribution in [0.25, 0.3) is 44.6 Å². The number of aromatic nitrogens is 8. The molecule has 128 heavy (non-hydrogen) atoms. The van der Waals surface area contributed by atoms with Gasteiger partial charge in [-0.1, -0.05) is 164 Å². The summed E-state index contributed by atoms with van der Waals surface area (Å²) in [6.07, 6.45) is -1.89. The number of carbonyl (C=O) groups is 6. The van der Waals surface area contributed by atoms with Crippen molar-refractivity contribution in [3.8, 4) is 39.8 Å². The number of fused-ring (bicyclic) bond motifs is 8. The van der Waals surface area contributed by atoms with Gasteiger partial charge < -0.3 is 71.7 Å². The van der Waals surface area contributed by atoms with Gasteiger partial charge in [-0.05, 0) is 122 Å². The smallest absolute Gasteiger partial charge is 0.409 e. The zero-order valence-electron chi connectivity index (χ0n) is 70.6. The van der Waals surface area contributed by atoms with Crippen molar-refractivity contribution in [3.05, 3.63) is 280 Å². The third-order valence-electron chi connectivity index (χ3n) is 23.3. The average molecular weight is 1750 g/mol. The van der Waals surface area contributed by atoms with Crippen molar-refractivity contribution in [2.75, 3.05) is 91.7 Å². The second-order valence-corrected chi connectivity index (χ2v) is 32.5. The molecule has 2 aliphatic carbocycles. The van der Waals surface area contributed by atoms with Gasteiger partial charge in [0, 0.05) is 76.7 Å². The van der Waals surface area contributed by atoms with Gasteiger partial charge in [-0.2, -0.15) is 10.2 Å². The van der Waals surface area contributed by atoms with E-state index in [0.717, 1.165) is 66.8 Å². The normalized spacial score (nSPS) is 17.1. The summed E-state index contributed by atoms with van der Waals surface area (Å²) < 4.78 is 72.0. The van der Waals surface area contributed by atoms with E-state index in [1.807, 2.05) is 140 Å². The van der Waals surface area contributed by atoms with Crippen LogP contribution in [0.3, 0.4) is 0 Å². The molecule has 2 aliphatic heterocycles. The molecule has 32 nitrogen and oxygen atoms in total. The Kier molecular flexibility index (Phi) is 27.8. The molecule has 8 aromatic carbocycles. The Morgan fingerprint density at radius 2 is 1.12 bits per heavy atom. The van der Waals surface area contributed by atoms with Gasteiger partial charge in [0.25, 0.3) is 11.5 Å². The highest BCUT2D eigenvalue weighted by molar-refractivity contribution is 7.41. The topological polar surface area (TPSA) is 386 Å². The van der Waals surface area contributed by atoms with Crippen molar-refractivity contribution in [2.24, 2.45) is 0 Å². The summed E-state index contributed by atoms with van der Waals surface area (Å²) in [5.74, 6) is -0.919. The number of aliphatic hydroxyl groups is 1. The number of esters is 1. The Bertz CT molecular complexity index is 5950. The number of anilines is 2. The summed E-state index contributed by atoms with van der Waals surface area (Å²) >= 11 is 0. The van der Waals surface area contributed by atoms with E-state index in [2.05, 4.69) is 78.0 Å². The Morgan fingerprint density at radius 3 is 1.71 bits per heavy atom. The number of rotatable bonds is 38. The summed E-state index contributed by atoms with van der Waals surface area (Å²) in [6, 6.07) is 65.9. The van der Waals surface area contributed by atoms with Crippen molar-refractivity contribution < 1.29 is 85.3 Å². The predicted octanol–water partition coefficient (Wildman–Crippen LogP) is 14.0. The van der Waals surface area contributed by atoms with Crippen LogP contribution < -0.4 is 25.7 Å². The van der Waals surface area contributed by atoms with Gasteiger partial charge in [-0.3, -0.25) is 43.4 Å². The lowest BCUT2D eigenvalue weighted by molar-refractivity contribution is -0.148. The Balaban J connectivity index is 0.558. The minimum absolute atomic E-state index is 0.00861. The molecule has 4 N–H and O–H groups in total.